The summed E-state index contributed by atoms with van der Waals surface area (Å²) in [6.07, 6.45) is 0.973. The molecule has 0 radical (unpaired) electrons. The van der Waals surface area contributed by atoms with Gasteiger partial charge >= 0.3 is 0 Å². The van der Waals surface area contributed by atoms with Crippen LogP contribution in [0.5, 0.6) is 0 Å². The summed E-state index contributed by atoms with van der Waals surface area (Å²) in [6, 6.07) is 8.23. The lowest BCUT2D eigenvalue weighted by Gasteiger charge is -2.05. The number of rotatable bonds is 9. The maximum absolute atomic E-state index is 5.72. The van der Waals surface area contributed by atoms with Crippen molar-refractivity contribution in [2.75, 3.05) is 13.2 Å². The van der Waals surface area contributed by atoms with Crippen LogP contribution in [0.3, 0.4) is 0 Å². The summed E-state index contributed by atoms with van der Waals surface area (Å²) in [4.78, 5) is 1.36. The lowest BCUT2D eigenvalue weighted by molar-refractivity contribution is 0.108. The van der Waals surface area contributed by atoms with Crippen molar-refractivity contribution in [1.82, 2.24) is 5.32 Å². The predicted octanol–water partition coefficient (Wildman–Crippen LogP) is 3.85. The van der Waals surface area contributed by atoms with Crippen molar-refractivity contribution in [3.63, 3.8) is 0 Å². The number of hydrogen-bond donors (Lipinski definition) is 1. The van der Waals surface area contributed by atoms with Crippen molar-refractivity contribution in [3.8, 4) is 0 Å². The number of thiophene rings is 1. The Morgan fingerprint density at radius 1 is 1.25 bits per heavy atom. The number of ether oxygens (including phenoxy) is 1. The second-order valence-electron chi connectivity index (χ2n) is 5.27. The van der Waals surface area contributed by atoms with Gasteiger partial charge in [0.2, 0.25) is 0 Å². The summed E-state index contributed by atoms with van der Waals surface area (Å²) in [5.41, 5.74) is 0. The molecule has 0 spiro atoms. The SMILES string of the molecule is CC(C)CNCc1ccc(COCCc2cccs2)o1. The van der Waals surface area contributed by atoms with E-state index in [1.165, 1.54) is 4.88 Å². The second-order valence-corrected chi connectivity index (χ2v) is 6.31. The lowest BCUT2D eigenvalue weighted by Crippen LogP contribution is -2.18. The van der Waals surface area contributed by atoms with Gasteiger partial charge in [0.1, 0.15) is 18.1 Å². The van der Waals surface area contributed by atoms with Crippen LogP contribution < -0.4 is 5.32 Å². The third kappa shape index (κ3) is 5.49. The van der Waals surface area contributed by atoms with Crippen LogP contribution in [0.15, 0.2) is 34.1 Å². The van der Waals surface area contributed by atoms with Crippen LogP contribution in [0, 0.1) is 5.92 Å². The fourth-order valence-corrected chi connectivity index (χ4v) is 2.57. The third-order valence-electron chi connectivity index (χ3n) is 2.89. The summed E-state index contributed by atoms with van der Waals surface area (Å²) in [5.74, 6) is 2.53. The monoisotopic (exact) mass is 293 g/mol. The molecular formula is C16H23NO2S. The van der Waals surface area contributed by atoms with E-state index in [4.69, 9.17) is 9.15 Å². The van der Waals surface area contributed by atoms with Gasteiger partial charge in [-0.05, 0) is 36.0 Å². The van der Waals surface area contributed by atoms with E-state index in [-0.39, 0.29) is 0 Å². The van der Waals surface area contributed by atoms with E-state index in [1.54, 1.807) is 11.3 Å². The first-order valence-electron chi connectivity index (χ1n) is 7.12. The molecule has 0 saturated carbocycles. The molecule has 0 aromatic carbocycles. The molecule has 0 bridgehead atoms. The Hall–Kier alpha value is -1.10. The predicted molar refractivity (Wildman–Crippen MR) is 82.9 cm³/mol. The Morgan fingerprint density at radius 2 is 2.10 bits per heavy atom. The van der Waals surface area contributed by atoms with Crippen molar-refractivity contribution in [2.45, 2.75) is 33.4 Å². The van der Waals surface area contributed by atoms with Crippen molar-refractivity contribution in [2.24, 2.45) is 5.92 Å². The molecule has 2 heterocycles. The van der Waals surface area contributed by atoms with Gasteiger partial charge in [-0.2, -0.15) is 0 Å². The first-order valence-corrected chi connectivity index (χ1v) is 8.00. The van der Waals surface area contributed by atoms with Crippen molar-refractivity contribution in [1.29, 1.82) is 0 Å². The van der Waals surface area contributed by atoms with Crippen LogP contribution in [0.2, 0.25) is 0 Å². The third-order valence-corrected chi connectivity index (χ3v) is 3.82. The van der Waals surface area contributed by atoms with E-state index in [9.17, 15) is 0 Å². The number of furan rings is 1. The minimum absolute atomic E-state index is 0.551. The quantitative estimate of drug-likeness (QED) is 0.713. The van der Waals surface area contributed by atoms with Crippen molar-refractivity contribution in [3.05, 3.63) is 46.0 Å². The van der Waals surface area contributed by atoms with Gasteiger partial charge in [0.05, 0.1) is 13.2 Å². The van der Waals surface area contributed by atoms with E-state index in [2.05, 4.69) is 36.7 Å². The normalized spacial score (nSPS) is 11.3. The summed E-state index contributed by atoms with van der Waals surface area (Å²) >= 11 is 1.77. The van der Waals surface area contributed by atoms with E-state index in [1.807, 2.05) is 12.1 Å². The summed E-state index contributed by atoms with van der Waals surface area (Å²) in [5, 5.41) is 5.46. The molecule has 2 aromatic heterocycles. The van der Waals surface area contributed by atoms with Crippen LogP contribution in [0.25, 0.3) is 0 Å². The van der Waals surface area contributed by atoms with Crippen LogP contribution >= 0.6 is 11.3 Å². The fourth-order valence-electron chi connectivity index (χ4n) is 1.88. The van der Waals surface area contributed by atoms with Crippen LogP contribution in [0.1, 0.15) is 30.2 Å². The molecule has 2 aromatic rings. The Morgan fingerprint density at radius 3 is 2.85 bits per heavy atom. The molecule has 3 nitrogen and oxygen atoms in total. The topological polar surface area (TPSA) is 34.4 Å². The molecule has 0 aliphatic rings. The molecule has 4 heteroatoms. The molecule has 0 fully saturated rings. The first-order chi connectivity index (χ1) is 9.74. The minimum Gasteiger partial charge on any atom is -0.462 e. The molecule has 0 aliphatic heterocycles. The average Bonchev–Trinajstić information content (AvgIpc) is 3.05. The average molecular weight is 293 g/mol. The highest BCUT2D eigenvalue weighted by Gasteiger charge is 2.03. The van der Waals surface area contributed by atoms with Gasteiger partial charge in [-0.25, -0.2) is 0 Å². The zero-order valence-electron chi connectivity index (χ0n) is 12.2. The molecular weight excluding hydrogens is 270 g/mol. The Balaban J connectivity index is 1.62. The maximum Gasteiger partial charge on any atom is 0.129 e. The van der Waals surface area contributed by atoms with Gasteiger partial charge in [0.15, 0.2) is 0 Å². The highest BCUT2D eigenvalue weighted by atomic mass is 32.1. The Labute approximate surface area is 125 Å². The van der Waals surface area contributed by atoms with Gasteiger partial charge in [0, 0.05) is 11.3 Å². The molecule has 0 atom stereocenters. The van der Waals surface area contributed by atoms with E-state index in [0.717, 1.165) is 37.6 Å². The van der Waals surface area contributed by atoms with Gasteiger partial charge in [-0.15, -0.1) is 11.3 Å². The molecule has 0 saturated heterocycles. The molecule has 0 amide bonds. The summed E-state index contributed by atoms with van der Waals surface area (Å²) in [6.45, 7) is 7.47. The second kappa shape index (κ2) is 8.25. The molecule has 110 valence electrons. The van der Waals surface area contributed by atoms with E-state index < -0.39 is 0 Å². The maximum atomic E-state index is 5.72. The smallest absolute Gasteiger partial charge is 0.129 e. The standard InChI is InChI=1S/C16H23NO2S/c1-13(2)10-17-11-14-5-6-15(19-14)12-18-8-7-16-4-3-9-20-16/h3-6,9,13,17H,7-8,10-12H2,1-2H3. The zero-order valence-corrected chi connectivity index (χ0v) is 13.0. The molecule has 1 N–H and O–H groups in total. The van der Waals surface area contributed by atoms with Crippen molar-refractivity contribution < 1.29 is 9.15 Å². The van der Waals surface area contributed by atoms with E-state index >= 15 is 0 Å². The fraction of sp³-hybridized carbons (Fsp3) is 0.500. The lowest BCUT2D eigenvalue weighted by atomic mass is 10.2. The van der Waals surface area contributed by atoms with Gasteiger partial charge < -0.3 is 14.5 Å². The van der Waals surface area contributed by atoms with Crippen LogP contribution in [-0.4, -0.2) is 13.2 Å². The van der Waals surface area contributed by atoms with Gasteiger partial charge in [0.25, 0.3) is 0 Å². The van der Waals surface area contributed by atoms with E-state index in [0.29, 0.717) is 12.5 Å². The highest BCUT2D eigenvalue weighted by Crippen LogP contribution is 2.11. The molecule has 20 heavy (non-hydrogen) atoms. The summed E-state index contributed by atoms with van der Waals surface area (Å²) in [7, 11) is 0. The van der Waals surface area contributed by atoms with Gasteiger partial charge in [-0.3, -0.25) is 0 Å². The largest absolute Gasteiger partial charge is 0.462 e. The number of nitrogens with one attached hydrogen (secondary N) is 1. The Kier molecular flexibility index (Phi) is 6.30. The first kappa shape index (κ1) is 15.3. The molecule has 2 rings (SSSR count). The number of hydrogen-bond acceptors (Lipinski definition) is 4. The zero-order chi connectivity index (χ0) is 14.2. The molecule has 0 unspecified atom stereocenters. The van der Waals surface area contributed by atoms with Crippen LogP contribution in [0.4, 0.5) is 0 Å². The van der Waals surface area contributed by atoms with Crippen molar-refractivity contribution >= 4 is 11.3 Å². The van der Waals surface area contributed by atoms with Crippen LogP contribution in [-0.2, 0) is 24.3 Å². The Bertz CT molecular complexity index is 476. The minimum atomic E-state index is 0.551. The molecule has 0 aliphatic carbocycles. The summed E-state index contributed by atoms with van der Waals surface area (Å²) < 4.78 is 11.4. The van der Waals surface area contributed by atoms with Gasteiger partial charge in [-0.1, -0.05) is 19.9 Å². The highest BCUT2D eigenvalue weighted by molar-refractivity contribution is 7.09.